The van der Waals surface area contributed by atoms with Crippen LogP contribution in [0.3, 0.4) is 0 Å². The average molecular weight is 255 g/mol. The lowest BCUT2D eigenvalue weighted by molar-refractivity contribution is 0.112. The number of anilines is 1. The Bertz CT molecular complexity index is 520. The van der Waals surface area contributed by atoms with Crippen LogP contribution < -0.4 is 5.73 Å². The Balaban J connectivity index is 3.03. The molecule has 2 rings (SSSR count). The first-order valence-corrected chi connectivity index (χ1v) is 4.68. The van der Waals surface area contributed by atoms with Gasteiger partial charge in [-0.25, -0.2) is 9.50 Å². The van der Waals surface area contributed by atoms with E-state index in [4.69, 9.17) is 5.73 Å². The monoisotopic (exact) mass is 254 g/mol. The fourth-order valence-electron chi connectivity index (χ4n) is 1.36. The zero-order chi connectivity index (χ0) is 10.3. The molecule has 6 heteroatoms. The van der Waals surface area contributed by atoms with Gasteiger partial charge in [0.15, 0.2) is 12.1 Å². The highest BCUT2D eigenvalue weighted by Gasteiger charge is 2.15. The van der Waals surface area contributed by atoms with Crippen LogP contribution in [-0.2, 0) is 0 Å². The third kappa shape index (κ3) is 1.04. The number of carbonyl (C=O) groups is 1. The first kappa shape index (κ1) is 9.14. The smallest absolute Gasteiger partial charge is 0.152 e. The van der Waals surface area contributed by atoms with Crippen molar-refractivity contribution in [2.75, 3.05) is 5.73 Å². The zero-order valence-electron chi connectivity index (χ0n) is 7.36. The first-order valence-electron chi connectivity index (χ1n) is 3.89. The van der Waals surface area contributed by atoms with Crippen LogP contribution in [0.15, 0.2) is 10.9 Å². The van der Waals surface area contributed by atoms with Crippen molar-refractivity contribution in [3.8, 4) is 0 Å². The molecule has 0 amide bonds. The van der Waals surface area contributed by atoms with Crippen LogP contribution in [0.4, 0.5) is 5.82 Å². The molecule has 0 saturated carbocycles. The van der Waals surface area contributed by atoms with Crippen molar-refractivity contribution in [1.82, 2.24) is 14.6 Å². The number of rotatable bonds is 1. The lowest BCUT2D eigenvalue weighted by atomic mass is 10.2. The third-order valence-electron chi connectivity index (χ3n) is 2.09. The maximum absolute atomic E-state index is 10.9. The van der Waals surface area contributed by atoms with Crippen LogP contribution in [0.5, 0.6) is 0 Å². The van der Waals surface area contributed by atoms with Crippen molar-refractivity contribution in [1.29, 1.82) is 0 Å². The molecule has 2 aromatic rings. The minimum absolute atomic E-state index is 0.302. The average Bonchev–Trinajstić information content (AvgIpc) is 2.43. The molecule has 0 radical (unpaired) electrons. The second-order valence-corrected chi connectivity index (χ2v) is 3.60. The van der Waals surface area contributed by atoms with Crippen LogP contribution in [0.25, 0.3) is 5.52 Å². The van der Waals surface area contributed by atoms with E-state index >= 15 is 0 Å². The summed E-state index contributed by atoms with van der Waals surface area (Å²) in [4.78, 5) is 14.7. The van der Waals surface area contributed by atoms with Crippen molar-refractivity contribution >= 4 is 33.6 Å². The molecule has 0 bridgehead atoms. The quantitative estimate of drug-likeness (QED) is 0.777. The largest absolute Gasteiger partial charge is 0.382 e. The Kier molecular flexibility index (Phi) is 1.99. The Morgan fingerprint density at radius 1 is 1.64 bits per heavy atom. The normalized spacial score (nSPS) is 10.7. The molecule has 0 saturated heterocycles. The maximum Gasteiger partial charge on any atom is 0.152 e. The molecule has 72 valence electrons. The number of fused-ring (bicyclic) bond motifs is 1. The van der Waals surface area contributed by atoms with E-state index in [0.717, 1.165) is 16.5 Å². The molecule has 0 aliphatic carbocycles. The summed E-state index contributed by atoms with van der Waals surface area (Å²) in [5.41, 5.74) is 7.55. The molecule has 14 heavy (non-hydrogen) atoms. The highest BCUT2D eigenvalue weighted by molar-refractivity contribution is 9.10. The lowest BCUT2D eigenvalue weighted by Gasteiger charge is -1.97. The molecule has 0 aliphatic rings. The van der Waals surface area contributed by atoms with Crippen molar-refractivity contribution in [2.45, 2.75) is 6.92 Å². The number of carbonyl (C=O) groups excluding carboxylic acids is 1. The van der Waals surface area contributed by atoms with E-state index in [1.54, 1.807) is 4.52 Å². The summed E-state index contributed by atoms with van der Waals surface area (Å²) in [6, 6.07) is 0. The number of nitrogens with zero attached hydrogens (tertiary/aromatic N) is 3. The number of hydrogen-bond donors (Lipinski definition) is 1. The standard InChI is InChI=1S/C8H7BrN4O/c1-4-5(2-14)6-8(10)11-3-12-13(6)7(4)9/h2-3H,1H3,(H2,10,11,12). The molecule has 2 aromatic heterocycles. The van der Waals surface area contributed by atoms with Gasteiger partial charge in [0.05, 0.1) is 0 Å². The molecule has 5 nitrogen and oxygen atoms in total. The molecule has 2 N–H and O–H groups in total. The summed E-state index contributed by atoms with van der Waals surface area (Å²) in [6.45, 7) is 1.82. The van der Waals surface area contributed by atoms with E-state index in [1.165, 1.54) is 6.33 Å². The van der Waals surface area contributed by atoms with Gasteiger partial charge in [-0.1, -0.05) is 0 Å². The summed E-state index contributed by atoms with van der Waals surface area (Å²) in [5, 5.41) is 3.99. The van der Waals surface area contributed by atoms with E-state index in [-0.39, 0.29) is 0 Å². The summed E-state index contributed by atoms with van der Waals surface area (Å²) < 4.78 is 2.28. The third-order valence-corrected chi connectivity index (χ3v) is 3.02. The van der Waals surface area contributed by atoms with Gasteiger partial charge >= 0.3 is 0 Å². The van der Waals surface area contributed by atoms with Crippen molar-refractivity contribution < 1.29 is 4.79 Å². The summed E-state index contributed by atoms with van der Waals surface area (Å²) in [5.74, 6) is 0.302. The van der Waals surface area contributed by atoms with E-state index < -0.39 is 0 Å². The predicted molar refractivity (Wildman–Crippen MR) is 55.2 cm³/mol. The molecular formula is C8H7BrN4O. The number of hydrogen-bond acceptors (Lipinski definition) is 4. The minimum Gasteiger partial charge on any atom is -0.382 e. The van der Waals surface area contributed by atoms with E-state index in [2.05, 4.69) is 26.0 Å². The van der Waals surface area contributed by atoms with Crippen molar-refractivity contribution in [3.05, 3.63) is 22.1 Å². The predicted octanol–water partition coefficient (Wildman–Crippen LogP) is 1.19. The first-order chi connectivity index (χ1) is 6.66. The topological polar surface area (TPSA) is 73.3 Å². The Hall–Kier alpha value is -1.43. The van der Waals surface area contributed by atoms with Gasteiger partial charge in [0.2, 0.25) is 0 Å². The van der Waals surface area contributed by atoms with Gasteiger partial charge in [-0.2, -0.15) is 5.10 Å². The molecule has 0 aromatic carbocycles. The van der Waals surface area contributed by atoms with E-state index in [1.807, 2.05) is 6.92 Å². The Morgan fingerprint density at radius 2 is 2.36 bits per heavy atom. The van der Waals surface area contributed by atoms with Gasteiger partial charge in [0.1, 0.15) is 16.4 Å². The highest BCUT2D eigenvalue weighted by Crippen LogP contribution is 2.27. The van der Waals surface area contributed by atoms with E-state index in [0.29, 0.717) is 16.9 Å². The van der Waals surface area contributed by atoms with E-state index in [9.17, 15) is 4.79 Å². The van der Waals surface area contributed by atoms with Crippen LogP contribution >= 0.6 is 15.9 Å². The molecule has 0 unspecified atom stereocenters. The van der Waals surface area contributed by atoms with Gasteiger partial charge in [0, 0.05) is 5.56 Å². The molecule has 0 aliphatic heterocycles. The highest BCUT2D eigenvalue weighted by atomic mass is 79.9. The molecule has 2 heterocycles. The Morgan fingerprint density at radius 3 is 3.00 bits per heavy atom. The fourth-order valence-corrected chi connectivity index (χ4v) is 1.84. The summed E-state index contributed by atoms with van der Waals surface area (Å²) in [6.07, 6.45) is 2.11. The molecule has 0 atom stereocenters. The van der Waals surface area contributed by atoms with Crippen LogP contribution in [0.2, 0.25) is 0 Å². The van der Waals surface area contributed by atoms with Crippen LogP contribution in [0.1, 0.15) is 15.9 Å². The number of nitrogen functional groups attached to an aromatic ring is 1. The van der Waals surface area contributed by atoms with Gasteiger partial charge < -0.3 is 5.73 Å². The summed E-state index contributed by atoms with van der Waals surface area (Å²) >= 11 is 3.33. The second-order valence-electron chi connectivity index (χ2n) is 2.85. The molecular weight excluding hydrogens is 248 g/mol. The SMILES string of the molecule is Cc1c(C=O)c2c(N)ncnn2c1Br. The number of aromatic nitrogens is 3. The van der Waals surface area contributed by atoms with Gasteiger partial charge in [-0.15, -0.1) is 0 Å². The minimum atomic E-state index is 0.302. The number of aldehydes is 1. The van der Waals surface area contributed by atoms with Gasteiger partial charge in [0.25, 0.3) is 0 Å². The summed E-state index contributed by atoms with van der Waals surface area (Å²) in [7, 11) is 0. The van der Waals surface area contributed by atoms with Crippen LogP contribution in [-0.4, -0.2) is 20.9 Å². The van der Waals surface area contributed by atoms with Gasteiger partial charge in [-0.3, -0.25) is 4.79 Å². The number of nitrogens with two attached hydrogens (primary N) is 1. The fraction of sp³-hybridized carbons (Fsp3) is 0.125. The Labute approximate surface area is 88.1 Å². The molecule has 0 spiro atoms. The van der Waals surface area contributed by atoms with Crippen molar-refractivity contribution in [3.63, 3.8) is 0 Å². The zero-order valence-corrected chi connectivity index (χ0v) is 8.95. The van der Waals surface area contributed by atoms with Crippen LogP contribution in [0, 0.1) is 6.92 Å². The lowest BCUT2D eigenvalue weighted by Crippen LogP contribution is -1.99. The van der Waals surface area contributed by atoms with Crippen molar-refractivity contribution in [2.24, 2.45) is 0 Å². The molecule has 0 fully saturated rings. The maximum atomic E-state index is 10.9. The second kappa shape index (κ2) is 3.06. The van der Waals surface area contributed by atoms with Gasteiger partial charge in [-0.05, 0) is 28.4 Å². The number of halogens is 1.